The second-order valence-corrected chi connectivity index (χ2v) is 8.24. The molecule has 29 heavy (non-hydrogen) atoms. The van der Waals surface area contributed by atoms with Gasteiger partial charge in [0.1, 0.15) is 4.83 Å². The number of hydrogen-bond donors (Lipinski definition) is 2. The smallest absolute Gasteiger partial charge is 0.230 e. The average molecular weight is 425 g/mol. The normalized spacial score (nSPS) is 11.1. The van der Waals surface area contributed by atoms with Crippen molar-refractivity contribution in [2.75, 3.05) is 11.5 Å². The summed E-state index contributed by atoms with van der Waals surface area (Å²) < 4.78 is 1.98. The van der Waals surface area contributed by atoms with Crippen LogP contribution in [0.4, 0.5) is 5.69 Å². The summed E-state index contributed by atoms with van der Waals surface area (Å²) >= 11 is 2.87. The van der Waals surface area contributed by atoms with Gasteiger partial charge in [0, 0.05) is 24.7 Å². The number of thioether (sulfide) groups is 1. The van der Waals surface area contributed by atoms with E-state index in [0.29, 0.717) is 29.8 Å². The van der Waals surface area contributed by atoms with E-state index in [1.807, 2.05) is 54.0 Å². The van der Waals surface area contributed by atoms with Crippen LogP contribution < -0.4 is 11.1 Å². The predicted molar refractivity (Wildman–Crippen MR) is 118 cm³/mol. The Balaban J connectivity index is 1.47. The average Bonchev–Trinajstić information content (AvgIpc) is 3.32. The van der Waals surface area contributed by atoms with E-state index in [1.165, 1.54) is 23.1 Å². The highest BCUT2D eigenvalue weighted by Gasteiger charge is 2.20. The molecule has 0 atom stereocenters. The summed E-state index contributed by atoms with van der Waals surface area (Å²) in [7, 11) is 0. The fraction of sp³-hybridized carbons (Fsp3) is 0.200. The fourth-order valence-corrected chi connectivity index (χ4v) is 4.83. The van der Waals surface area contributed by atoms with Gasteiger partial charge in [-0.05, 0) is 24.6 Å². The van der Waals surface area contributed by atoms with E-state index in [-0.39, 0.29) is 11.7 Å². The number of benzene rings is 1. The topological polar surface area (TPSA) is 98.7 Å². The highest BCUT2D eigenvalue weighted by Crippen LogP contribution is 2.39. The lowest BCUT2D eigenvalue weighted by atomic mass is 10.2. The maximum atomic E-state index is 12.2. The van der Waals surface area contributed by atoms with Gasteiger partial charge < -0.3 is 15.6 Å². The highest BCUT2D eigenvalue weighted by molar-refractivity contribution is 7.99. The zero-order valence-corrected chi connectivity index (χ0v) is 17.5. The van der Waals surface area contributed by atoms with Gasteiger partial charge in [-0.15, -0.1) is 21.5 Å². The Morgan fingerprint density at radius 1 is 1.21 bits per heavy atom. The summed E-state index contributed by atoms with van der Waals surface area (Å²) in [5, 5.41) is 13.2. The first-order valence-electron chi connectivity index (χ1n) is 9.17. The molecule has 3 N–H and O–H groups in total. The SMILES string of the molecule is CCn1c(SCC(=O)NCc2ccccc2)nnc1-c1sc2ncccc2c1N. The zero-order valence-electron chi connectivity index (χ0n) is 15.8. The van der Waals surface area contributed by atoms with Crippen molar-refractivity contribution in [2.24, 2.45) is 0 Å². The van der Waals surface area contributed by atoms with Gasteiger partial charge in [0.15, 0.2) is 11.0 Å². The van der Waals surface area contributed by atoms with Crippen LogP contribution in [0.2, 0.25) is 0 Å². The third-order valence-electron chi connectivity index (χ3n) is 4.41. The molecule has 0 saturated heterocycles. The van der Waals surface area contributed by atoms with Gasteiger partial charge in [0.25, 0.3) is 0 Å². The van der Waals surface area contributed by atoms with E-state index >= 15 is 0 Å². The minimum atomic E-state index is -0.0448. The van der Waals surface area contributed by atoms with Crippen LogP contribution in [-0.4, -0.2) is 31.4 Å². The fourth-order valence-electron chi connectivity index (χ4n) is 2.94. The number of hydrogen-bond acceptors (Lipinski definition) is 7. The van der Waals surface area contributed by atoms with E-state index in [2.05, 4.69) is 20.5 Å². The van der Waals surface area contributed by atoms with Crippen LogP contribution >= 0.6 is 23.1 Å². The van der Waals surface area contributed by atoms with Gasteiger partial charge in [-0.3, -0.25) is 4.79 Å². The third-order valence-corrected chi connectivity index (χ3v) is 6.50. The van der Waals surface area contributed by atoms with E-state index in [4.69, 9.17) is 5.73 Å². The molecule has 3 heterocycles. The van der Waals surface area contributed by atoms with Gasteiger partial charge in [-0.2, -0.15) is 0 Å². The molecule has 4 rings (SSSR count). The maximum Gasteiger partial charge on any atom is 0.230 e. The third kappa shape index (κ3) is 4.10. The van der Waals surface area contributed by atoms with Crippen LogP contribution in [0.15, 0.2) is 53.8 Å². The molecule has 0 unspecified atom stereocenters. The largest absolute Gasteiger partial charge is 0.397 e. The van der Waals surface area contributed by atoms with Crippen LogP contribution in [-0.2, 0) is 17.9 Å². The maximum absolute atomic E-state index is 12.2. The van der Waals surface area contributed by atoms with Gasteiger partial charge in [0.2, 0.25) is 5.91 Å². The number of fused-ring (bicyclic) bond motifs is 1. The number of anilines is 1. The van der Waals surface area contributed by atoms with Gasteiger partial charge in [-0.25, -0.2) is 4.98 Å². The molecule has 9 heteroatoms. The number of nitrogens with two attached hydrogens (primary N) is 1. The summed E-state index contributed by atoms with van der Waals surface area (Å²) in [5.41, 5.74) is 8.07. The number of nitrogens with zero attached hydrogens (tertiary/aromatic N) is 4. The number of pyridine rings is 1. The lowest BCUT2D eigenvalue weighted by Crippen LogP contribution is -2.24. The zero-order chi connectivity index (χ0) is 20.2. The minimum absolute atomic E-state index is 0.0448. The van der Waals surface area contributed by atoms with Crippen LogP contribution in [0, 0.1) is 0 Å². The molecule has 4 aromatic rings. The first-order chi connectivity index (χ1) is 14.2. The molecule has 1 amide bonds. The Kier molecular flexibility index (Phi) is 5.77. The van der Waals surface area contributed by atoms with Crippen molar-refractivity contribution in [3.05, 3.63) is 54.2 Å². The van der Waals surface area contributed by atoms with Crippen LogP contribution in [0.5, 0.6) is 0 Å². The number of carbonyl (C=O) groups is 1. The van der Waals surface area contributed by atoms with Crippen LogP contribution in [0.1, 0.15) is 12.5 Å². The molecule has 0 fully saturated rings. The molecule has 0 aliphatic rings. The number of amides is 1. The Hall–Kier alpha value is -2.91. The summed E-state index contributed by atoms with van der Waals surface area (Å²) in [5.74, 6) is 0.936. The minimum Gasteiger partial charge on any atom is -0.397 e. The number of rotatable bonds is 7. The van der Waals surface area contributed by atoms with Gasteiger partial charge >= 0.3 is 0 Å². The molecule has 0 radical (unpaired) electrons. The van der Waals surface area contributed by atoms with Crippen LogP contribution in [0.25, 0.3) is 20.9 Å². The van der Waals surface area contributed by atoms with Crippen molar-refractivity contribution >= 4 is 44.9 Å². The van der Waals surface area contributed by atoms with Crippen LogP contribution in [0.3, 0.4) is 0 Å². The lowest BCUT2D eigenvalue weighted by molar-refractivity contribution is -0.118. The van der Waals surface area contributed by atoms with Crippen molar-refractivity contribution in [2.45, 2.75) is 25.2 Å². The molecular formula is C20H20N6OS2. The van der Waals surface area contributed by atoms with E-state index in [0.717, 1.165) is 20.7 Å². The standard InChI is InChI=1S/C20H20N6OS2/c1-2-26-18(17-16(21)14-9-6-10-22-19(14)29-17)24-25-20(26)28-12-15(27)23-11-13-7-4-3-5-8-13/h3-10H,2,11-12,21H2,1H3,(H,23,27). The molecule has 0 spiro atoms. The second kappa shape index (κ2) is 8.62. The Morgan fingerprint density at radius 3 is 2.79 bits per heavy atom. The van der Waals surface area contributed by atoms with Crippen molar-refractivity contribution in [3.63, 3.8) is 0 Å². The number of nitrogen functional groups attached to an aromatic ring is 1. The number of carbonyl (C=O) groups excluding carboxylic acids is 1. The Morgan fingerprint density at radius 2 is 2.03 bits per heavy atom. The quantitative estimate of drug-likeness (QED) is 0.440. The van der Waals surface area contributed by atoms with E-state index < -0.39 is 0 Å². The summed E-state index contributed by atoms with van der Waals surface area (Å²) in [6.45, 7) is 3.21. The molecule has 0 aliphatic heterocycles. The molecule has 0 aliphatic carbocycles. The van der Waals surface area contributed by atoms with Crippen molar-refractivity contribution in [3.8, 4) is 10.7 Å². The molecule has 7 nitrogen and oxygen atoms in total. The molecule has 148 valence electrons. The highest BCUT2D eigenvalue weighted by atomic mass is 32.2. The monoisotopic (exact) mass is 424 g/mol. The molecule has 0 bridgehead atoms. The van der Waals surface area contributed by atoms with Crippen molar-refractivity contribution in [1.82, 2.24) is 25.1 Å². The Bertz CT molecular complexity index is 1140. The van der Waals surface area contributed by atoms with Crippen molar-refractivity contribution in [1.29, 1.82) is 0 Å². The van der Waals surface area contributed by atoms with Crippen molar-refractivity contribution < 1.29 is 4.79 Å². The molecular weight excluding hydrogens is 404 g/mol. The number of nitrogens with one attached hydrogen (secondary N) is 1. The summed E-state index contributed by atoms with van der Waals surface area (Å²) in [6.07, 6.45) is 1.75. The first kappa shape index (κ1) is 19.4. The summed E-state index contributed by atoms with van der Waals surface area (Å²) in [6, 6.07) is 13.7. The van der Waals surface area contributed by atoms with Gasteiger partial charge in [-0.1, -0.05) is 42.1 Å². The summed E-state index contributed by atoms with van der Waals surface area (Å²) in [4.78, 5) is 18.3. The van der Waals surface area contributed by atoms with E-state index in [1.54, 1.807) is 6.20 Å². The first-order valence-corrected chi connectivity index (χ1v) is 11.0. The van der Waals surface area contributed by atoms with Gasteiger partial charge in [0.05, 0.1) is 16.3 Å². The molecule has 3 aromatic heterocycles. The predicted octanol–water partition coefficient (Wildman–Crippen LogP) is 3.57. The second-order valence-electron chi connectivity index (χ2n) is 6.30. The lowest BCUT2D eigenvalue weighted by Gasteiger charge is -2.07. The molecule has 0 saturated carbocycles. The number of thiophene rings is 1. The number of aromatic nitrogens is 4. The Labute approximate surface area is 176 Å². The van der Waals surface area contributed by atoms with E-state index in [9.17, 15) is 4.79 Å². The molecule has 1 aromatic carbocycles.